The van der Waals surface area contributed by atoms with E-state index in [1.807, 2.05) is 0 Å². The molecule has 1 heteroatoms. The summed E-state index contributed by atoms with van der Waals surface area (Å²) in [4.78, 5) is 0. The first kappa shape index (κ1) is 20.0. The highest BCUT2D eigenvalue weighted by Gasteiger charge is 2.66. The van der Waals surface area contributed by atoms with Gasteiger partial charge < -0.3 is 4.74 Å². The van der Waals surface area contributed by atoms with Gasteiger partial charge in [-0.05, 0) is 70.6 Å². The highest BCUT2D eigenvalue weighted by atomic mass is 16.5. The van der Waals surface area contributed by atoms with Crippen molar-refractivity contribution in [2.24, 2.45) is 5.92 Å². The predicted molar refractivity (Wildman–Crippen MR) is 136 cm³/mol. The molecule has 2 aliphatic heterocycles. The molecular formula is C33H28O. The third kappa shape index (κ3) is 2.59. The van der Waals surface area contributed by atoms with Crippen LogP contribution < -0.4 is 0 Å². The summed E-state index contributed by atoms with van der Waals surface area (Å²) in [5, 5.41) is 0. The van der Waals surface area contributed by atoms with Crippen LogP contribution in [0.4, 0.5) is 0 Å². The van der Waals surface area contributed by atoms with Crippen molar-refractivity contribution in [2.75, 3.05) is 0 Å². The highest BCUT2D eigenvalue weighted by molar-refractivity contribution is 5.68. The molecule has 1 aliphatic carbocycles. The van der Waals surface area contributed by atoms with Gasteiger partial charge in [-0.15, -0.1) is 0 Å². The molecule has 0 aromatic heterocycles. The summed E-state index contributed by atoms with van der Waals surface area (Å²) in [5.74, 6) is 0.463. The maximum atomic E-state index is 7.53. The molecule has 0 amide bonds. The van der Waals surface area contributed by atoms with Crippen molar-refractivity contribution in [1.82, 2.24) is 0 Å². The predicted octanol–water partition coefficient (Wildman–Crippen LogP) is 7.56. The van der Waals surface area contributed by atoms with E-state index in [4.69, 9.17) is 4.74 Å². The fourth-order valence-corrected chi connectivity index (χ4v) is 6.98. The second-order valence-corrected chi connectivity index (χ2v) is 9.91. The number of fused-ring (bicyclic) bond motifs is 7. The number of hydrogen-bond donors (Lipinski definition) is 0. The Bertz CT molecular complexity index is 1370. The number of rotatable bonds is 4. The Kier molecular flexibility index (Phi) is 4.44. The monoisotopic (exact) mass is 440 g/mol. The van der Waals surface area contributed by atoms with Gasteiger partial charge in [0, 0.05) is 0 Å². The van der Waals surface area contributed by atoms with Crippen LogP contribution in [0.15, 0.2) is 126 Å². The second-order valence-electron chi connectivity index (χ2n) is 9.91. The molecule has 3 aliphatic rings. The van der Waals surface area contributed by atoms with Crippen molar-refractivity contribution in [3.05, 3.63) is 154 Å². The minimum absolute atomic E-state index is 0.463. The van der Waals surface area contributed by atoms with Gasteiger partial charge in [0.15, 0.2) is 0 Å². The van der Waals surface area contributed by atoms with E-state index in [-0.39, 0.29) is 0 Å². The van der Waals surface area contributed by atoms with Crippen LogP contribution in [0.2, 0.25) is 0 Å². The largest absolute Gasteiger partial charge is 0.341 e. The lowest BCUT2D eigenvalue weighted by Crippen LogP contribution is -2.34. The van der Waals surface area contributed by atoms with E-state index in [9.17, 15) is 0 Å². The molecule has 2 bridgehead atoms. The van der Waals surface area contributed by atoms with Crippen LogP contribution in [0.25, 0.3) is 0 Å². The van der Waals surface area contributed by atoms with Gasteiger partial charge in [0.1, 0.15) is 11.2 Å². The van der Waals surface area contributed by atoms with Crippen LogP contribution in [0.3, 0.4) is 0 Å². The van der Waals surface area contributed by atoms with Crippen LogP contribution in [0.1, 0.15) is 47.1 Å². The van der Waals surface area contributed by atoms with E-state index < -0.39 is 11.2 Å². The molecule has 0 radical (unpaired) electrons. The highest BCUT2D eigenvalue weighted by Crippen LogP contribution is 2.69. The Hall–Kier alpha value is -3.42. The Morgan fingerprint density at radius 3 is 1.79 bits per heavy atom. The Morgan fingerprint density at radius 2 is 1.15 bits per heavy atom. The van der Waals surface area contributed by atoms with Crippen LogP contribution >= 0.6 is 0 Å². The summed E-state index contributed by atoms with van der Waals surface area (Å²) >= 11 is 0. The van der Waals surface area contributed by atoms with Crippen LogP contribution in [-0.4, -0.2) is 0 Å². The zero-order chi connectivity index (χ0) is 22.6. The summed E-state index contributed by atoms with van der Waals surface area (Å²) in [5.41, 5.74) is 8.57. The van der Waals surface area contributed by atoms with Gasteiger partial charge >= 0.3 is 0 Å². The molecule has 2 heterocycles. The van der Waals surface area contributed by atoms with E-state index in [1.54, 1.807) is 0 Å². The first-order valence-corrected chi connectivity index (χ1v) is 12.5. The molecule has 3 unspecified atom stereocenters. The zero-order valence-electron chi connectivity index (χ0n) is 19.3. The first-order chi connectivity index (χ1) is 16.8. The molecule has 0 fully saturated rings. The minimum atomic E-state index is -0.525. The standard InChI is InChI=1S/C33H28O/c1-4-13-24(14-5-1)23-25-15-12-22-30-31(25)33(27-18-8-3-9-19-27)29-21-11-10-20-28(29)32(30,34-33)26-16-6-2-7-17-26/h1-11,13-14,16-21,25H,12,15,22-23H2. The molecule has 34 heavy (non-hydrogen) atoms. The average Bonchev–Trinajstić information content (AvgIpc) is 3.41. The van der Waals surface area contributed by atoms with Crippen molar-refractivity contribution < 1.29 is 4.74 Å². The van der Waals surface area contributed by atoms with Crippen molar-refractivity contribution in [3.8, 4) is 0 Å². The van der Waals surface area contributed by atoms with Crippen LogP contribution in [0, 0.1) is 5.92 Å². The van der Waals surface area contributed by atoms with E-state index in [0.29, 0.717) is 5.92 Å². The zero-order valence-corrected chi connectivity index (χ0v) is 19.3. The Labute approximate surface area is 201 Å². The van der Waals surface area contributed by atoms with Crippen molar-refractivity contribution in [2.45, 2.75) is 36.9 Å². The van der Waals surface area contributed by atoms with Gasteiger partial charge in [-0.2, -0.15) is 0 Å². The molecule has 4 aromatic rings. The Balaban J connectivity index is 1.53. The number of hydrogen-bond acceptors (Lipinski definition) is 1. The fourth-order valence-electron chi connectivity index (χ4n) is 6.98. The maximum Gasteiger partial charge on any atom is 0.142 e. The topological polar surface area (TPSA) is 9.23 Å². The first-order valence-electron chi connectivity index (χ1n) is 12.5. The van der Waals surface area contributed by atoms with Crippen molar-refractivity contribution in [1.29, 1.82) is 0 Å². The molecule has 3 atom stereocenters. The lowest BCUT2D eigenvalue weighted by atomic mass is 9.61. The normalized spacial score (nSPS) is 26.9. The molecular weight excluding hydrogens is 412 g/mol. The van der Waals surface area contributed by atoms with E-state index >= 15 is 0 Å². The average molecular weight is 441 g/mol. The summed E-state index contributed by atoms with van der Waals surface area (Å²) in [6, 6.07) is 41.9. The summed E-state index contributed by atoms with van der Waals surface area (Å²) in [7, 11) is 0. The fraction of sp³-hybridized carbons (Fsp3) is 0.212. The van der Waals surface area contributed by atoms with Crippen LogP contribution in [-0.2, 0) is 22.4 Å². The van der Waals surface area contributed by atoms with Gasteiger partial charge in [-0.1, -0.05) is 115 Å². The number of benzene rings is 4. The third-order valence-electron chi connectivity index (χ3n) is 8.19. The molecule has 0 spiro atoms. The Morgan fingerprint density at radius 1 is 0.618 bits per heavy atom. The maximum absolute atomic E-state index is 7.53. The van der Waals surface area contributed by atoms with Gasteiger partial charge in [-0.25, -0.2) is 0 Å². The second kappa shape index (κ2) is 7.55. The van der Waals surface area contributed by atoms with Gasteiger partial charge in [0.25, 0.3) is 0 Å². The van der Waals surface area contributed by atoms with E-state index in [2.05, 4.69) is 115 Å². The molecule has 166 valence electrons. The minimum Gasteiger partial charge on any atom is -0.341 e. The smallest absolute Gasteiger partial charge is 0.142 e. The molecule has 7 rings (SSSR count). The van der Waals surface area contributed by atoms with Gasteiger partial charge in [0.05, 0.1) is 0 Å². The van der Waals surface area contributed by atoms with Crippen LogP contribution in [0.5, 0.6) is 0 Å². The van der Waals surface area contributed by atoms with Crippen molar-refractivity contribution in [3.63, 3.8) is 0 Å². The summed E-state index contributed by atoms with van der Waals surface area (Å²) < 4.78 is 7.53. The molecule has 1 nitrogen and oxygen atoms in total. The number of ether oxygens (including phenoxy) is 1. The third-order valence-corrected chi connectivity index (χ3v) is 8.19. The van der Waals surface area contributed by atoms with Crippen molar-refractivity contribution >= 4 is 0 Å². The van der Waals surface area contributed by atoms with Gasteiger partial charge in [-0.3, -0.25) is 0 Å². The molecule has 0 saturated heterocycles. The van der Waals surface area contributed by atoms with E-state index in [1.165, 1.54) is 51.8 Å². The molecule has 0 N–H and O–H groups in total. The molecule has 4 aromatic carbocycles. The lowest BCUT2D eigenvalue weighted by molar-refractivity contribution is -0.0351. The lowest BCUT2D eigenvalue weighted by Gasteiger charge is -2.39. The SMILES string of the molecule is c1ccc(CC2CCCC3=C2C2(c4ccccc4)OC3(c3ccccc3)c3ccccc32)cc1. The summed E-state index contributed by atoms with van der Waals surface area (Å²) in [6.45, 7) is 0. The molecule has 0 saturated carbocycles. The summed E-state index contributed by atoms with van der Waals surface area (Å²) in [6.07, 6.45) is 4.57. The quantitative estimate of drug-likeness (QED) is 0.298. The van der Waals surface area contributed by atoms with E-state index in [0.717, 1.165) is 12.8 Å². The van der Waals surface area contributed by atoms with Gasteiger partial charge in [0.2, 0.25) is 0 Å².